The number of pyridine rings is 1. The van der Waals surface area contributed by atoms with Crippen LogP contribution in [0, 0.1) is 0 Å². The molecule has 2 amide bonds. The summed E-state index contributed by atoms with van der Waals surface area (Å²) >= 11 is 0. The lowest BCUT2D eigenvalue weighted by atomic mass is 9.89. The average molecular weight is 360 g/mol. The lowest BCUT2D eigenvalue weighted by Gasteiger charge is -2.34. The van der Waals surface area contributed by atoms with Crippen molar-refractivity contribution >= 4 is 28.9 Å². The van der Waals surface area contributed by atoms with Gasteiger partial charge in [0, 0.05) is 42.9 Å². The standard InChI is InChI=1S/C21H20N4O2/c26-21(25-19-5-3-10-22-18(19)7-11-23-25)24-12-8-15(9-13-24)17-14-27-20-6-2-1-4-16(17)20/h1-6,10-11,14-15H,7-9,12-13H2. The molecule has 1 fully saturated rings. The summed E-state index contributed by atoms with van der Waals surface area (Å²) in [4.78, 5) is 19.3. The number of hydrazone groups is 1. The van der Waals surface area contributed by atoms with E-state index in [1.807, 2.05) is 41.5 Å². The molecular formula is C21H20N4O2. The third-order valence-electron chi connectivity index (χ3n) is 5.47. The van der Waals surface area contributed by atoms with Crippen LogP contribution in [0.15, 0.2) is 58.4 Å². The molecule has 0 radical (unpaired) electrons. The van der Waals surface area contributed by atoms with Gasteiger partial charge in [-0.25, -0.2) is 4.79 Å². The number of carbonyl (C=O) groups is 1. The molecule has 5 rings (SSSR count). The molecule has 0 atom stereocenters. The van der Waals surface area contributed by atoms with Gasteiger partial charge in [-0.15, -0.1) is 0 Å². The number of benzene rings is 1. The molecule has 0 saturated carbocycles. The lowest BCUT2D eigenvalue weighted by Crippen LogP contribution is -2.45. The summed E-state index contributed by atoms with van der Waals surface area (Å²) in [5, 5.41) is 6.99. The molecule has 0 bridgehead atoms. The second-order valence-electron chi connectivity index (χ2n) is 7.01. The number of fused-ring (bicyclic) bond motifs is 2. The van der Waals surface area contributed by atoms with Gasteiger partial charge in [-0.1, -0.05) is 18.2 Å². The van der Waals surface area contributed by atoms with Crippen LogP contribution in [0.25, 0.3) is 11.0 Å². The van der Waals surface area contributed by atoms with E-state index < -0.39 is 0 Å². The van der Waals surface area contributed by atoms with Crippen LogP contribution < -0.4 is 5.01 Å². The number of rotatable bonds is 1. The zero-order chi connectivity index (χ0) is 18.2. The zero-order valence-corrected chi connectivity index (χ0v) is 14.9. The van der Waals surface area contributed by atoms with Crippen molar-refractivity contribution in [3.05, 3.63) is 60.1 Å². The number of amides is 2. The van der Waals surface area contributed by atoms with Crippen LogP contribution in [0.5, 0.6) is 0 Å². The number of piperidine rings is 1. The monoisotopic (exact) mass is 360 g/mol. The maximum absolute atomic E-state index is 13.0. The number of anilines is 1. The SMILES string of the molecule is O=C(N1CCC(c2coc3ccccc23)CC1)N1N=CCc2ncccc21. The molecule has 136 valence electrons. The first-order valence-corrected chi connectivity index (χ1v) is 9.33. The number of likely N-dealkylation sites (tertiary alicyclic amines) is 1. The van der Waals surface area contributed by atoms with Crippen LogP contribution in [-0.4, -0.2) is 35.2 Å². The number of nitrogens with zero attached hydrogens (tertiary/aromatic N) is 4. The molecule has 1 saturated heterocycles. The van der Waals surface area contributed by atoms with Crippen LogP contribution >= 0.6 is 0 Å². The van der Waals surface area contributed by atoms with Gasteiger partial charge in [0.05, 0.1) is 17.6 Å². The molecule has 4 heterocycles. The van der Waals surface area contributed by atoms with Crippen molar-refractivity contribution in [2.45, 2.75) is 25.2 Å². The highest BCUT2D eigenvalue weighted by Gasteiger charge is 2.30. The van der Waals surface area contributed by atoms with Crippen LogP contribution in [0.3, 0.4) is 0 Å². The Balaban J connectivity index is 1.31. The summed E-state index contributed by atoms with van der Waals surface area (Å²) in [7, 11) is 0. The molecule has 6 nitrogen and oxygen atoms in total. The van der Waals surface area contributed by atoms with Crippen LogP contribution in [-0.2, 0) is 6.42 Å². The van der Waals surface area contributed by atoms with Gasteiger partial charge in [-0.2, -0.15) is 10.1 Å². The van der Waals surface area contributed by atoms with Crippen molar-refractivity contribution in [2.75, 3.05) is 18.1 Å². The van der Waals surface area contributed by atoms with E-state index >= 15 is 0 Å². The Morgan fingerprint density at radius 1 is 1.11 bits per heavy atom. The van der Waals surface area contributed by atoms with Crippen molar-refractivity contribution in [3.8, 4) is 0 Å². The fraction of sp³-hybridized carbons (Fsp3) is 0.286. The van der Waals surface area contributed by atoms with Crippen molar-refractivity contribution in [3.63, 3.8) is 0 Å². The maximum atomic E-state index is 13.0. The minimum atomic E-state index is -0.0734. The van der Waals surface area contributed by atoms with E-state index in [0.717, 1.165) is 29.8 Å². The second-order valence-corrected chi connectivity index (χ2v) is 7.01. The Bertz CT molecular complexity index is 1020. The second kappa shape index (κ2) is 6.54. The summed E-state index contributed by atoms with van der Waals surface area (Å²) in [6.45, 7) is 1.43. The minimum absolute atomic E-state index is 0.0734. The van der Waals surface area contributed by atoms with Crippen LogP contribution in [0.4, 0.5) is 10.5 Å². The Morgan fingerprint density at radius 3 is 2.85 bits per heavy atom. The van der Waals surface area contributed by atoms with Gasteiger partial charge in [-0.3, -0.25) is 4.98 Å². The van der Waals surface area contributed by atoms with E-state index in [-0.39, 0.29) is 6.03 Å². The number of carbonyl (C=O) groups excluding carboxylic acids is 1. The molecule has 0 spiro atoms. The predicted molar refractivity (Wildman–Crippen MR) is 104 cm³/mol. The first-order chi connectivity index (χ1) is 13.3. The topological polar surface area (TPSA) is 61.9 Å². The Morgan fingerprint density at radius 2 is 1.96 bits per heavy atom. The fourth-order valence-corrected chi connectivity index (χ4v) is 4.03. The molecule has 6 heteroatoms. The number of aromatic nitrogens is 1. The quantitative estimate of drug-likeness (QED) is 0.654. The number of para-hydroxylation sites is 1. The number of urea groups is 1. The van der Waals surface area contributed by atoms with Gasteiger partial charge < -0.3 is 9.32 Å². The van der Waals surface area contributed by atoms with Crippen LogP contribution in [0.1, 0.15) is 30.0 Å². The van der Waals surface area contributed by atoms with E-state index in [1.54, 1.807) is 12.4 Å². The zero-order valence-electron chi connectivity index (χ0n) is 14.9. The van der Waals surface area contributed by atoms with E-state index in [9.17, 15) is 4.79 Å². The third-order valence-corrected chi connectivity index (χ3v) is 5.47. The molecule has 2 aromatic heterocycles. The molecule has 3 aromatic rings. The van der Waals surface area contributed by atoms with Crippen molar-refractivity contribution in [1.82, 2.24) is 9.88 Å². The molecule has 27 heavy (non-hydrogen) atoms. The van der Waals surface area contributed by atoms with Crippen molar-refractivity contribution in [1.29, 1.82) is 0 Å². The molecule has 0 N–H and O–H groups in total. The van der Waals surface area contributed by atoms with E-state index in [0.29, 0.717) is 25.4 Å². The molecule has 2 aliphatic heterocycles. The van der Waals surface area contributed by atoms with Crippen molar-refractivity contribution in [2.24, 2.45) is 5.10 Å². The predicted octanol–water partition coefficient (Wildman–Crippen LogP) is 4.18. The Hall–Kier alpha value is -3.15. The maximum Gasteiger partial charge on any atom is 0.345 e. The number of hydrogen-bond acceptors (Lipinski definition) is 4. The first-order valence-electron chi connectivity index (χ1n) is 9.33. The summed E-state index contributed by atoms with van der Waals surface area (Å²) in [5.41, 5.74) is 3.86. The van der Waals surface area contributed by atoms with Crippen molar-refractivity contribution < 1.29 is 9.21 Å². The average Bonchev–Trinajstić information content (AvgIpc) is 3.17. The Labute approximate surface area is 157 Å². The number of furan rings is 1. The van der Waals surface area contributed by atoms with Crippen LogP contribution in [0.2, 0.25) is 0 Å². The highest BCUT2D eigenvalue weighted by molar-refractivity contribution is 5.95. The first kappa shape index (κ1) is 16.1. The molecule has 1 aromatic carbocycles. The summed E-state index contributed by atoms with van der Waals surface area (Å²) in [6.07, 6.45) is 7.89. The summed E-state index contributed by atoms with van der Waals surface area (Å²) in [5.74, 6) is 0.413. The minimum Gasteiger partial charge on any atom is -0.464 e. The summed E-state index contributed by atoms with van der Waals surface area (Å²) in [6, 6.07) is 11.8. The normalized spacial score (nSPS) is 17.3. The van der Waals surface area contributed by atoms with Gasteiger partial charge in [0.25, 0.3) is 0 Å². The molecule has 2 aliphatic rings. The van der Waals surface area contributed by atoms with Gasteiger partial charge in [0.2, 0.25) is 0 Å². The lowest BCUT2D eigenvalue weighted by molar-refractivity contribution is 0.188. The smallest absolute Gasteiger partial charge is 0.345 e. The van der Waals surface area contributed by atoms with Gasteiger partial charge >= 0.3 is 6.03 Å². The van der Waals surface area contributed by atoms with Gasteiger partial charge in [0.1, 0.15) is 5.58 Å². The number of hydrogen-bond donors (Lipinski definition) is 0. The third kappa shape index (κ3) is 2.77. The van der Waals surface area contributed by atoms with E-state index in [4.69, 9.17) is 4.42 Å². The largest absolute Gasteiger partial charge is 0.464 e. The van der Waals surface area contributed by atoms with E-state index in [1.165, 1.54) is 16.0 Å². The van der Waals surface area contributed by atoms with Gasteiger partial charge in [0.15, 0.2) is 0 Å². The molecule has 0 unspecified atom stereocenters. The highest BCUT2D eigenvalue weighted by atomic mass is 16.3. The molecular weight excluding hydrogens is 340 g/mol. The van der Waals surface area contributed by atoms with Gasteiger partial charge in [-0.05, 0) is 37.0 Å². The van der Waals surface area contributed by atoms with E-state index in [2.05, 4.69) is 16.2 Å². The highest BCUT2D eigenvalue weighted by Crippen LogP contribution is 2.35. The molecule has 0 aliphatic carbocycles. The summed E-state index contributed by atoms with van der Waals surface area (Å²) < 4.78 is 5.70. The fourth-order valence-electron chi connectivity index (χ4n) is 4.03. The Kier molecular flexibility index (Phi) is 3.89.